The lowest BCUT2D eigenvalue weighted by Gasteiger charge is -2.19. The zero-order valence-corrected chi connectivity index (χ0v) is 16.0. The molecule has 1 aromatic carbocycles. The molecular formula is C22H29F3O2. The molecule has 5 heteroatoms. The molecule has 2 aliphatic rings. The van der Waals surface area contributed by atoms with Gasteiger partial charge in [-0.1, -0.05) is 43.9 Å². The normalized spacial score (nSPS) is 18.4. The molecule has 2 nitrogen and oxygen atoms in total. The lowest BCUT2D eigenvalue weighted by atomic mass is 10.0. The minimum absolute atomic E-state index is 0.183. The molecule has 150 valence electrons. The summed E-state index contributed by atoms with van der Waals surface area (Å²) < 4.78 is 48.8. The van der Waals surface area contributed by atoms with Gasteiger partial charge in [-0.2, -0.15) is 0 Å². The van der Waals surface area contributed by atoms with E-state index in [2.05, 4.69) is 16.9 Å². The maximum Gasteiger partial charge on any atom is 0.573 e. The summed E-state index contributed by atoms with van der Waals surface area (Å²) in [5, 5.41) is 0. The fourth-order valence-corrected chi connectivity index (χ4v) is 3.79. The Bertz CT molecular complexity index is 642. The Morgan fingerprint density at radius 2 is 1.85 bits per heavy atom. The molecule has 3 rings (SSSR count). The number of halogens is 3. The van der Waals surface area contributed by atoms with E-state index in [1.807, 2.05) is 6.07 Å². The predicted octanol–water partition coefficient (Wildman–Crippen LogP) is 6.75. The summed E-state index contributed by atoms with van der Waals surface area (Å²) >= 11 is 0. The number of aryl methyl sites for hydroxylation is 1. The van der Waals surface area contributed by atoms with Crippen LogP contribution in [0, 0.1) is 18.8 Å². The van der Waals surface area contributed by atoms with Gasteiger partial charge in [0.2, 0.25) is 0 Å². The molecule has 2 fully saturated rings. The van der Waals surface area contributed by atoms with E-state index in [0.717, 1.165) is 18.4 Å². The van der Waals surface area contributed by atoms with Crippen LogP contribution in [-0.2, 0) is 6.42 Å². The number of hydrogen-bond acceptors (Lipinski definition) is 2. The van der Waals surface area contributed by atoms with Crippen molar-refractivity contribution in [3.05, 3.63) is 35.4 Å². The van der Waals surface area contributed by atoms with Gasteiger partial charge in [0, 0.05) is 0 Å². The molecule has 0 heterocycles. The van der Waals surface area contributed by atoms with Crippen molar-refractivity contribution in [2.45, 2.75) is 71.1 Å². The van der Waals surface area contributed by atoms with Crippen LogP contribution in [0.3, 0.4) is 0 Å². The van der Waals surface area contributed by atoms with E-state index in [0.29, 0.717) is 30.4 Å². The topological polar surface area (TPSA) is 18.5 Å². The number of allylic oxidation sites excluding steroid dienone is 2. The molecule has 0 bridgehead atoms. The SMILES string of the molecule is Cc1c(CC/C=C/C2CC2)ccc(OCCC2CCCC2)c1OC(F)(F)F. The van der Waals surface area contributed by atoms with Crippen molar-refractivity contribution < 1.29 is 22.6 Å². The van der Waals surface area contributed by atoms with Crippen molar-refractivity contribution in [2.75, 3.05) is 6.61 Å². The van der Waals surface area contributed by atoms with E-state index in [1.165, 1.54) is 38.5 Å². The van der Waals surface area contributed by atoms with E-state index < -0.39 is 6.36 Å². The average Bonchev–Trinajstić information content (AvgIpc) is 3.28. The van der Waals surface area contributed by atoms with Crippen molar-refractivity contribution in [1.29, 1.82) is 0 Å². The first-order chi connectivity index (χ1) is 12.9. The van der Waals surface area contributed by atoms with Crippen molar-refractivity contribution in [2.24, 2.45) is 11.8 Å². The highest BCUT2D eigenvalue weighted by Crippen LogP contribution is 2.38. The fraction of sp³-hybridized carbons (Fsp3) is 0.636. The summed E-state index contributed by atoms with van der Waals surface area (Å²) in [5.74, 6) is 1.36. The third kappa shape index (κ3) is 6.47. The molecule has 1 aromatic rings. The second kappa shape index (κ2) is 9.03. The molecule has 0 aromatic heterocycles. The van der Waals surface area contributed by atoms with Gasteiger partial charge in [0.25, 0.3) is 0 Å². The van der Waals surface area contributed by atoms with Crippen LogP contribution in [0.4, 0.5) is 13.2 Å². The summed E-state index contributed by atoms with van der Waals surface area (Å²) in [4.78, 5) is 0. The van der Waals surface area contributed by atoms with Crippen LogP contribution in [-0.4, -0.2) is 13.0 Å². The van der Waals surface area contributed by atoms with Crippen LogP contribution in [0.5, 0.6) is 11.5 Å². The lowest BCUT2D eigenvalue weighted by molar-refractivity contribution is -0.275. The third-order valence-corrected chi connectivity index (χ3v) is 5.57. The first kappa shape index (κ1) is 20.1. The minimum Gasteiger partial charge on any atom is -0.490 e. The quantitative estimate of drug-likeness (QED) is 0.440. The summed E-state index contributed by atoms with van der Waals surface area (Å²) in [6.45, 7) is 2.12. The van der Waals surface area contributed by atoms with Crippen molar-refractivity contribution in [3.8, 4) is 11.5 Å². The van der Waals surface area contributed by atoms with Crippen LogP contribution in [0.1, 0.15) is 62.5 Å². The Kier molecular flexibility index (Phi) is 6.72. The van der Waals surface area contributed by atoms with E-state index >= 15 is 0 Å². The molecular weight excluding hydrogens is 353 g/mol. The summed E-state index contributed by atoms with van der Waals surface area (Å²) in [6, 6.07) is 3.50. The third-order valence-electron chi connectivity index (χ3n) is 5.57. The van der Waals surface area contributed by atoms with Crippen LogP contribution >= 0.6 is 0 Å². The molecule has 0 atom stereocenters. The van der Waals surface area contributed by atoms with Crippen LogP contribution in [0.15, 0.2) is 24.3 Å². The van der Waals surface area contributed by atoms with E-state index in [1.54, 1.807) is 13.0 Å². The van der Waals surface area contributed by atoms with Gasteiger partial charge >= 0.3 is 6.36 Å². The first-order valence-corrected chi connectivity index (χ1v) is 10.1. The zero-order chi connectivity index (χ0) is 19.3. The lowest BCUT2D eigenvalue weighted by Crippen LogP contribution is -2.19. The molecule has 0 radical (unpaired) electrons. The highest BCUT2D eigenvalue weighted by Gasteiger charge is 2.34. The molecule has 2 saturated carbocycles. The Morgan fingerprint density at radius 3 is 2.52 bits per heavy atom. The smallest absolute Gasteiger partial charge is 0.490 e. The molecule has 0 unspecified atom stereocenters. The number of alkyl halides is 3. The minimum atomic E-state index is -4.72. The van der Waals surface area contributed by atoms with Gasteiger partial charge in [-0.3, -0.25) is 0 Å². The summed E-state index contributed by atoms with van der Waals surface area (Å²) in [6.07, 6.45) is 9.43. The largest absolute Gasteiger partial charge is 0.573 e. The van der Waals surface area contributed by atoms with E-state index in [-0.39, 0.29) is 11.5 Å². The number of benzene rings is 1. The highest BCUT2D eigenvalue weighted by molar-refractivity contribution is 5.50. The first-order valence-electron chi connectivity index (χ1n) is 10.1. The molecule has 0 aliphatic heterocycles. The highest BCUT2D eigenvalue weighted by atomic mass is 19.4. The molecule has 0 saturated heterocycles. The second-order valence-corrected chi connectivity index (χ2v) is 7.82. The van der Waals surface area contributed by atoms with Gasteiger partial charge in [-0.25, -0.2) is 0 Å². The summed E-state index contributed by atoms with van der Waals surface area (Å²) in [7, 11) is 0. The number of ether oxygens (including phenoxy) is 2. The number of rotatable bonds is 9. The molecule has 27 heavy (non-hydrogen) atoms. The Balaban J connectivity index is 1.65. The van der Waals surface area contributed by atoms with E-state index in [4.69, 9.17) is 4.74 Å². The monoisotopic (exact) mass is 382 g/mol. The molecule has 0 spiro atoms. The molecule has 0 amide bonds. The fourth-order valence-electron chi connectivity index (χ4n) is 3.79. The van der Waals surface area contributed by atoms with Gasteiger partial charge in [-0.15, -0.1) is 13.2 Å². The van der Waals surface area contributed by atoms with Crippen LogP contribution < -0.4 is 9.47 Å². The van der Waals surface area contributed by atoms with Gasteiger partial charge in [0.05, 0.1) is 6.61 Å². The second-order valence-electron chi connectivity index (χ2n) is 7.82. The summed E-state index contributed by atoms with van der Waals surface area (Å²) in [5.41, 5.74) is 1.39. The van der Waals surface area contributed by atoms with Gasteiger partial charge in [0.15, 0.2) is 11.5 Å². The van der Waals surface area contributed by atoms with E-state index in [9.17, 15) is 13.2 Å². The zero-order valence-electron chi connectivity index (χ0n) is 16.0. The number of hydrogen-bond donors (Lipinski definition) is 0. The van der Waals surface area contributed by atoms with Crippen molar-refractivity contribution in [1.82, 2.24) is 0 Å². The Morgan fingerprint density at radius 1 is 1.11 bits per heavy atom. The van der Waals surface area contributed by atoms with Gasteiger partial charge < -0.3 is 9.47 Å². The maximum atomic E-state index is 12.9. The predicted molar refractivity (Wildman–Crippen MR) is 100 cm³/mol. The van der Waals surface area contributed by atoms with Crippen LogP contribution in [0.25, 0.3) is 0 Å². The van der Waals surface area contributed by atoms with Gasteiger partial charge in [-0.05, 0) is 68.1 Å². The Labute approximate surface area is 159 Å². The van der Waals surface area contributed by atoms with Crippen molar-refractivity contribution >= 4 is 0 Å². The van der Waals surface area contributed by atoms with Gasteiger partial charge in [0.1, 0.15) is 0 Å². The van der Waals surface area contributed by atoms with Crippen molar-refractivity contribution in [3.63, 3.8) is 0 Å². The molecule has 0 N–H and O–H groups in total. The average molecular weight is 382 g/mol. The molecule has 2 aliphatic carbocycles. The maximum absolute atomic E-state index is 12.9. The standard InChI is InChI=1S/C22H29F3O2/c1-16-19(9-5-4-8-18-10-11-18)12-13-20(21(16)27-22(23,24)25)26-15-14-17-6-2-3-7-17/h4,8,12-13,17-18H,2-3,5-7,9-11,14-15H2,1H3/b8-4+. The Hall–Kier alpha value is -1.65. The van der Waals surface area contributed by atoms with Crippen LogP contribution in [0.2, 0.25) is 0 Å².